The third-order valence-electron chi connectivity index (χ3n) is 5.00. The van der Waals surface area contributed by atoms with Crippen LogP contribution in [0, 0.1) is 5.82 Å². The van der Waals surface area contributed by atoms with Gasteiger partial charge in [0, 0.05) is 25.2 Å². The number of amides is 1. The van der Waals surface area contributed by atoms with E-state index in [1.54, 1.807) is 60.4 Å². The maximum Gasteiger partial charge on any atom is 0.257 e. The van der Waals surface area contributed by atoms with Crippen LogP contribution in [0.5, 0.6) is 11.5 Å². The summed E-state index contributed by atoms with van der Waals surface area (Å²) in [5, 5.41) is 25.6. The minimum atomic E-state index is -0.489. The van der Waals surface area contributed by atoms with E-state index in [2.05, 4.69) is 5.10 Å². The number of para-hydroxylation sites is 1. The molecule has 6 nitrogen and oxygen atoms in total. The third kappa shape index (κ3) is 4.15. The standard InChI is InChI=1S/C24H19ClFN3O3/c1-28(14-15-5-4-6-16(26)11-15)24(32)18-12-17(22(30)13-23(18)31)20-9-10-27-29(20)21-8-3-2-7-19(21)25/h2-13,30-31H,14H2,1H3. The van der Waals surface area contributed by atoms with E-state index in [-0.39, 0.29) is 23.6 Å². The summed E-state index contributed by atoms with van der Waals surface area (Å²) in [5.41, 5.74) is 1.97. The number of phenols is 2. The lowest BCUT2D eigenvalue weighted by Crippen LogP contribution is -2.26. The van der Waals surface area contributed by atoms with Crippen LogP contribution in [0.3, 0.4) is 0 Å². The lowest BCUT2D eigenvalue weighted by molar-refractivity contribution is 0.0782. The molecule has 0 saturated carbocycles. The van der Waals surface area contributed by atoms with Crippen molar-refractivity contribution in [3.63, 3.8) is 0 Å². The number of carbonyl (C=O) groups is 1. The number of phenolic OH excluding ortho intramolecular Hbond substituents is 2. The summed E-state index contributed by atoms with van der Waals surface area (Å²) in [6.45, 7) is 0.143. The van der Waals surface area contributed by atoms with Gasteiger partial charge in [0.2, 0.25) is 0 Å². The molecule has 4 aromatic rings. The Bertz CT molecular complexity index is 1310. The molecule has 0 aliphatic carbocycles. The molecule has 0 fully saturated rings. The van der Waals surface area contributed by atoms with Gasteiger partial charge in [-0.3, -0.25) is 4.79 Å². The van der Waals surface area contributed by atoms with Crippen LogP contribution in [0.25, 0.3) is 16.9 Å². The first kappa shape index (κ1) is 21.4. The molecule has 162 valence electrons. The smallest absolute Gasteiger partial charge is 0.257 e. The van der Waals surface area contributed by atoms with E-state index in [1.807, 2.05) is 0 Å². The van der Waals surface area contributed by atoms with E-state index in [4.69, 9.17) is 11.6 Å². The minimum absolute atomic E-state index is 0.0105. The quantitative estimate of drug-likeness (QED) is 0.447. The summed E-state index contributed by atoms with van der Waals surface area (Å²) in [4.78, 5) is 14.4. The zero-order valence-electron chi connectivity index (χ0n) is 17.0. The molecule has 0 spiro atoms. The normalized spacial score (nSPS) is 10.8. The summed E-state index contributed by atoms with van der Waals surface area (Å²) in [7, 11) is 1.55. The molecule has 32 heavy (non-hydrogen) atoms. The van der Waals surface area contributed by atoms with E-state index in [9.17, 15) is 19.4 Å². The molecular formula is C24H19ClFN3O3. The summed E-state index contributed by atoms with van der Waals surface area (Å²) in [6, 6.07) is 17.2. The Balaban J connectivity index is 1.71. The topological polar surface area (TPSA) is 78.6 Å². The van der Waals surface area contributed by atoms with E-state index < -0.39 is 11.7 Å². The first-order chi connectivity index (χ1) is 15.3. The summed E-state index contributed by atoms with van der Waals surface area (Å²) < 4.78 is 15.0. The molecule has 1 heterocycles. The number of benzene rings is 3. The van der Waals surface area contributed by atoms with Crippen LogP contribution in [0.1, 0.15) is 15.9 Å². The Morgan fingerprint density at radius 3 is 2.59 bits per heavy atom. The lowest BCUT2D eigenvalue weighted by atomic mass is 10.0. The van der Waals surface area contributed by atoms with Crippen LogP contribution in [0.2, 0.25) is 5.02 Å². The second-order valence-electron chi connectivity index (χ2n) is 7.26. The lowest BCUT2D eigenvalue weighted by Gasteiger charge is -2.19. The van der Waals surface area contributed by atoms with E-state index in [0.29, 0.717) is 27.5 Å². The fourth-order valence-electron chi connectivity index (χ4n) is 3.46. The monoisotopic (exact) mass is 451 g/mol. The van der Waals surface area contributed by atoms with Crippen molar-refractivity contribution in [2.75, 3.05) is 7.05 Å². The SMILES string of the molecule is CN(Cc1cccc(F)c1)C(=O)c1cc(-c2ccnn2-c2ccccc2Cl)c(O)cc1O. The third-order valence-corrected chi connectivity index (χ3v) is 5.32. The summed E-state index contributed by atoms with van der Waals surface area (Å²) in [6.07, 6.45) is 1.54. The van der Waals surface area contributed by atoms with Gasteiger partial charge in [-0.1, -0.05) is 35.9 Å². The van der Waals surface area contributed by atoms with Crippen molar-refractivity contribution in [1.82, 2.24) is 14.7 Å². The van der Waals surface area contributed by atoms with Gasteiger partial charge in [0.25, 0.3) is 5.91 Å². The van der Waals surface area contributed by atoms with Gasteiger partial charge in [0.15, 0.2) is 0 Å². The predicted octanol–water partition coefficient (Wildman–Crippen LogP) is 5.02. The summed E-state index contributed by atoms with van der Waals surface area (Å²) >= 11 is 6.30. The van der Waals surface area contributed by atoms with E-state index >= 15 is 0 Å². The average molecular weight is 452 g/mol. The van der Waals surface area contributed by atoms with Gasteiger partial charge in [-0.15, -0.1) is 0 Å². The first-order valence-electron chi connectivity index (χ1n) is 9.70. The molecule has 0 atom stereocenters. The van der Waals surface area contributed by atoms with Crippen molar-refractivity contribution < 1.29 is 19.4 Å². The molecule has 0 saturated heterocycles. The van der Waals surface area contributed by atoms with Crippen LogP contribution >= 0.6 is 11.6 Å². The number of aromatic hydroxyl groups is 2. The Morgan fingerprint density at radius 2 is 1.84 bits per heavy atom. The molecule has 0 aliphatic heterocycles. The first-order valence-corrected chi connectivity index (χ1v) is 10.1. The van der Waals surface area contributed by atoms with Gasteiger partial charge in [-0.2, -0.15) is 5.10 Å². The van der Waals surface area contributed by atoms with Crippen molar-refractivity contribution in [2.24, 2.45) is 0 Å². The number of halogens is 2. The maximum atomic E-state index is 13.5. The molecule has 8 heteroatoms. The molecule has 3 aromatic carbocycles. The molecule has 0 aliphatic rings. The van der Waals surface area contributed by atoms with Crippen molar-refractivity contribution in [3.8, 4) is 28.4 Å². The summed E-state index contributed by atoms with van der Waals surface area (Å²) in [5.74, 6) is -1.48. The van der Waals surface area contributed by atoms with Crippen LogP contribution in [0.15, 0.2) is 72.9 Å². The Labute approximate surface area is 188 Å². The highest BCUT2D eigenvalue weighted by Gasteiger charge is 2.22. The zero-order valence-corrected chi connectivity index (χ0v) is 17.8. The van der Waals surface area contributed by atoms with Gasteiger partial charge >= 0.3 is 0 Å². The average Bonchev–Trinajstić information content (AvgIpc) is 3.23. The van der Waals surface area contributed by atoms with Crippen LogP contribution < -0.4 is 0 Å². The highest BCUT2D eigenvalue weighted by molar-refractivity contribution is 6.32. The van der Waals surface area contributed by atoms with E-state index in [1.165, 1.54) is 23.1 Å². The Morgan fingerprint density at radius 1 is 1.06 bits per heavy atom. The molecule has 0 unspecified atom stereocenters. The number of nitrogens with zero attached hydrogens (tertiary/aromatic N) is 3. The maximum absolute atomic E-state index is 13.5. The zero-order chi connectivity index (χ0) is 22.8. The molecule has 0 bridgehead atoms. The Hall–Kier alpha value is -3.84. The highest BCUT2D eigenvalue weighted by Crippen LogP contribution is 2.37. The van der Waals surface area contributed by atoms with Gasteiger partial charge < -0.3 is 15.1 Å². The van der Waals surface area contributed by atoms with Gasteiger partial charge in [0.05, 0.1) is 28.2 Å². The molecule has 1 amide bonds. The van der Waals surface area contributed by atoms with Gasteiger partial charge in [-0.25, -0.2) is 9.07 Å². The Kier molecular flexibility index (Phi) is 5.83. The van der Waals surface area contributed by atoms with Crippen molar-refractivity contribution >= 4 is 17.5 Å². The molecule has 4 rings (SSSR count). The van der Waals surface area contributed by atoms with Crippen molar-refractivity contribution in [3.05, 3.63) is 94.9 Å². The minimum Gasteiger partial charge on any atom is -0.507 e. The molecular weight excluding hydrogens is 433 g/mol. The number of hydrogen-bond acceptors (Lipinski definition) is 4. The number of hydrogen-bond donors (Lipinski definition) is 2. The molecule has 1 aromatic heterocycles. The fraction of sp³-hybridized carbons (Fsp3) is 0.0833. The molecule has 2 N–H and O–H groups in total. The van der Waals surface area contributed by atoms with E-state index in [0.717, 1.165) is 6.07 Å². The number of aromatic nitrogens is 2. The van der Waals surface area contributed by atoms with Gasteiger partial charge in [-0.05, 0) is 42.0 Å². The highest BCUT2D eigenvalue weighted by atomic mass is 35.5. The fourth-order valence-corrected chi connectivity index (χ4v) is 3.68. The van der Waals surface area contributed by atoms with Crippen molar-refractivity contribution in [1.29, 1.82) is 0 Å². The van der Waals surface area contributed by atoms with Crippen LogP contribution in [-0.2, 0) is 6.54 Å². The predicted molar refractivity (Wildman–Crippen MR) is 120 cm³/mol. The van der Waals surface area contributed by atoms with Crippen LogP contribution in [0.4, 0.5) is 4.39 Å². The van der Waals surface area contributed by atoms with Crippen molar-refractivity contribution in [2.45, 2.75) is 6.54 Å². The van der Waals surface area contributed by atoms with Crippen LogP contribution in [-0.4, -0.2) is 37.8 Å². The molecule has 0 radical (unpaired) electrons. The number of rotatable bonds is 5. The number of carbonyl (C=O) groups excluding carboxylic acids is 1. The largest absolute Gasteiger partial charge is 0.507 e. The second kappa shape index (κ2) is 8.72. The van der Waals surface area contributed by atoms with Gasteiger partial charge in [0.1, 0.15) is 17.3 Å². The second-order valence-corrected chi connectivity index (χ2v) is 7.66.